The zero-order valence-corrected chi connectivity index (χ0v) is 14.5. The van der Waals surface area contributed by atoms with E-state index in [-0.39, 0.29) is 12.5 Å². The number of carbonyl (C=O) groups excluding carboxylic acids is 2. The fourth-order valence-corrected chi connectivity index (χ4v) is 2.17. The topological polar surface area (TPSA) is 89.5 Å². The Labute approximate surface area is 146 Å². The quantitative estimate of drug-likeness (QED) is 0.842. The molecule has 2 aromatic rings. The molecule has 0 bridgehead atoms. The van der Waals surface area contributed by atoms with Crippen molar-refractivity contribution in [2.75, 3.05) is 19.0 Å². The van der Waals surface area contributed by atoms with Gasteiger partial charge in [-0.1, -0.05) is 6.07 Å². The second-order valence-corrected chi connectivity index (χ2v) is 5.27. The molecule has 2 N–H and O–H groups in total. The molecule has 0 aliphatic rings. The first kappa shape index (κ1) is 18.3. The van der Waals surface area contributed by atoms with Crippen LogP contribution in [-0.4, -0.2) is 30.7 Å². The van der Waals surface area contributed by atoms with Crippen molar-refractivity contribution in [3.05, 3.63) is 53.3 Å². The van der Waals surface area contributed by atoms with Gasteiger partial charge in [-0.05, 0) is 43.7 Å². The first-order valence-electron chi connectivity index (χ1n) is 7.85. The molecular weight excluding hydrogens is 322 g/mol. The molecule has 2 amide bonds. The minimum atomic E-state index is -0.524. The molecule has 0 spiro atoms. The molecule has 1 aromatic carbocycles. The Hall–Kier alpha value is -3.09. The summed E-state index contributed by atoms with van der Waals surface area (Å²) in [6.07, 6.45) is 0.994. The van der Waals surface area contributed by atoms with Crippen molar-refractivity contribution in [3.63, 3.8) is 0 Å². The Morgan fingerprint density at radius 1 is 1.20 bits per heavy atom. The molecule has 0 saturated heterocycles. The normalized spacial score (nSPS) is 10.0. The molecular formula is C18H21N3O4. The number of amides is 2. The number of benzene rings is 1. The third kappa shape index (κ3) is 5.20. The summed E-state index contributed by atoms with van der Waals surface area (Å²) in [7, 11) is 1.55. The van der Waals surface area contributed by atoms with Gasteiger partial charge in [0.05, 0.1) is 31.6 Å². The van der Waals surface area contributed by atoms with E-state index < -0.39 is 6.09 Å². The van der Waals surface area contributed by atoms with Crippen molar-refractivity contribution in [2.45, 2.75) is 20.4 Å². The third-order valence-corrected chi connectivity index (χ3v) is 3.37. The standard InChI is InChI=1S/C18H21N3O4/c1-4-25-18(23)20-11-14-10-13(7-8-19-14)17(22)21-15-9-12(2)5-6-16(15)24-3/h5-10H,4,11H2,1-3H3,(H,20,23)(H,21,22). The predicted molar refractivity (Wildman–Crippen MR) is 93.8 cm³/mol. The lowest BCUT2D eigenvalue weighted by molar-refractivity contribution is 0.102. The zero-order chi connectivity index (χ0) is 18.2. The van der Waals surface area contributed by atoms with Crippen LogP contribution in [0.2, 0.25) is 0 Å². The van der Waals surface area contributed by atoms with Crippen LogP contribution in [0.3, 0.4) is 0 Å². The Bertz CT molecular complexity index is 762. The molecule has 0 fully saturated rings. The molecule has 0 aliphatic heterocycles. The van der Waals surface area contributed by atoms with Crippen LogP contribution in [0.15, 0.2) is 36.5 Å². The van der Waals surface area contributed by atoms with E-state index in [1.54, 1.807) is 32.2 Å². The lowest BCUT2D eigenvalue weighted by Gasteiger charge is -2.11. The molecule has 0 saturated carbocycles. The number of aromatic nitrogens is 1. The molecule has 1 aromatic heterocycles. The van der Waals surface area contributed by atoms with Crippen molar-refractivity contribution in [1.29, 1.82) is 0 Å². The summed E-state index contributed by atoms with van der Waals surface area (Å²) in [5.41, 5.74) is 2.58. The van der Waals surface area contributed by atoms with Gasteiger partial charge >= 0.3 is 6.09 Å². The minimum Gasteiger partial charge on any atom is -0.495 e. The number of carbonyl (C=O) groups is 2. The molecule has 0 atom stereocenters. The fourth-order valence-electron chi connectivity index (χ4n) is 2.17. The Balaban J connectivity index is 2.08. The van der Waals surface area contributed by atoms with Gasteiger partial charge in [0.1, 0.15) is 5.75 Å². The van der Waals surface area contributed by atoms with E-state index in [2.05, 4.69) is 15.6 Å². The van der Waals surface area contributed by atoms with Gasteiger partial charge in [0.15, 0.2) is 0 Å². The molecule has 7 nitrogen and oxygen atoms in total. The van der Waals surface area contributed by atoms with E-state index in [4.69, 9.17) is 9.47 Å². The van der Waals surface area contributed by atoms with Crippen LogP contribution in [-0.2, 0) is 11.3 Å². The van der Waals surface area contributed by atoms with Crippen LogP contribution in [0.5, 0.6) is 5.75 Å². The number of hydrogen-bond donors (Lipinski definition) is 2. The summed E-state index contributed by atoms with van der Waals surface area (Å²) < 4.78 is 10.0. The number of alkyl carbamates (subject to hydrolysis) is 1. The number of hydrogen-bond acceptors (Lipinski definition) is 5. The smallest absolute Gasteiger partial charge is 0.407 e. The summed E-state index contributed by atoms with van der Waals surface area (Å²) in [5, 5.41) is 5.39. The van der Waals surface area contributed by atoms with Crippen molar-refractivity contribution < 1.29 is 19.1 Å². The Morgan fingerprint density at radius 3 is 2.72 bits per heavy atom. The molecule has 1 heterocycles. The molecule has 0 unspecified atom stereocenters. The van der Waals surface area contributed by atoms with E-state index in [1.807, 2.05) is 19.1 Å². The zero-order valence-electron chi connectivity index (χ0n) is 14.5. The Morgan fingerprint density at radius 2 is 2.00 bits per heavy atom. The highest BCUT2D eigenvalue weighted by Gasteiger charge is 2.11. The van der Waals surface area contributed by atoms with Gasteiger partial charge in [0.25, 0.3) is 5.91 Å². The average molecular weight is 343 g/mol. The van der Waals surface area contributed by atoms with Gasteiger partial charge in [-0.25, -0.2) is 4.79 Å². The van der Waals surface area contributed by atoms with E-state index in [0.717, 1.165) is 5.56 Å². The number of anilines is 1. The monoisotopic (exact) mass is 343 g/mol. The molecule has 0 radical (unpaired) electrons. The van der Waals surface area contributed by atoms with Crippen molar-refractivity contribution in [2.24, 2.45) is 0 Å². The molecule has 0 aliphatic carbocycles. The molecule has 7 heteroatoms. The van der Waals surface area contributed by atoms with Crippen LogP contribution >= 0.6 is 0 Å². The van der Waals surface area contributed by atoms with E-state index in [0.29, 0.717) is 29.3 Å². The minimum absolute atomic E-state index is 0.174. The maximum atomic E-state index is 12.5. The highest BCUT2D eigenvalue weighted by Crippen LogP contribution is 2.25. The van der Waals surface area contributed by atoms with Crippen LogP contribution in [0, 0.1) is 6.92 Å². The predicted octanol–water partition coefficient (Wildman–Crippen LogP) is 2.90. The number of rotatable bonds is 6. The van der Waals surface area contributed by atoms with Crippen LogP contribution in [0.1, 0.15) is 28.5 Å². The van der Waals surface area contributed by atoms with Gasteiger partial charge in [-0.15, -0.1) is 0 Å². The highest BCUT2D eigenvalue weighted by molar-refractivity contribution is 6.05. The first-order chi connectivity index (χ1) is 12.0. The number of ether oxygens (including phenoxy) is 2. The SMILES string of the molecule is CCOC(=O)NCc1cc(C(=O)Nc2cc(C)ccc2OC)ccn1. The lowest BCUT2D eigenvalue weighted by atomic mass is 10.1. The van der Waals surface area contributed by atoms with Gasteiger partial charge in [-0.3, -0.25) is 9.78 Å². The Kier molecular flexibility index (Phi) is 6.33. The molecule has 2 rings (SSSR count). The first-order valence-corrected chi connectivity index (χ1v) is 7.85. The van der Waals surface area contributed by atoms with E-state index in [9.17, 15) is 9.59 Å². The molecule has 25 heavy (non-hydrogen) atoms. The second kappa shape index (κ2) is 8.68. The van der Waals surface area contributed by atoms with Crippen LogP contribution in [0.25, 0.3) is 0 Å². The number of aryl methyl sites for hydroxylation is 1. The second-order valence-electron chi connectivity index (χ2n) is 5.27. The van der Waals surface area contributed by atoms with Crippen molar-refractivity contribution >= 4 is 17.7 Å². The fraction of sp³-hybridized carbons (Fsp3) is 0.278. The van der Waals surface area contributed by atoms with Crippen molar-refractivity contribution in [1.82, 2.24) is 10.3 Å². The number of nitrogens with one attached hydrogen (secondary N) is 2. The maximum Gasteiger partial charge on any atom is 0.407 e. The number of pyridine rings is 1. The molecule has 132 valence electrons. The number of nitrogens with zero attached hydrogens (tertiary/aromatic N) is 1. The highest BCUT2D eigenvalue weighted by atomic mass is 16.5. The third-order valence-electron chi connectivity index (χ3n) is 3.37. The summed E-state index contributed by atoms with van der Waals surface area (Å²) in [5.74, 6) is 0.292. The summed E-state index contributed by atoms with van der Waals surface area (Å²) in [6.45, 7) is 4.12. The summed E-state index contributed by atoms with van der Waals surface area (Å²) >= 11 is 0. The largest absolute Gasteiger partial charge is 0.495 e. The summed E-state index contributed by atoms with van der Waals surface area (Å²) in [4.78, 5) is 27.9. The van der Waals surface area contributed by atoms with Crippen molar-refractivity contribution in [3.8, 4) is 5.75 Å². The van der Waals surface area contributed by atoms with Gasteiger partial charge < -0.3 is 20.1 Å². The average Bonchev–Trinajstić information content (AvgIpc) is 2.61. The van der Waals surface area contributed by atoms with Gasteiger partial charge in [-0.2, -0.15) is 0 Å². The number of methoxy groups -OCH3 is 1. The van der Waals surface area contributed by atoms with Crippen LogP contribution < -0.4 is 15.4 Å². The van der Waals surface area contributed by atoms with Gasteiger partial charge in [0.2, 0.25) is 0 Å². The lowest BCUT2D eigenvalue weighted by Crippen LogP contribution is -2.24. The van der Waals surface area contributed by atoms with E-state index in [1.165, 1.54) is 6.20 Å². The summed E-state index contributed by atoms with van der Waals surface area (Å²) in [6, 6.07) is 8.75. The maximum absolute atomic E-state index is 12.5. The van der Waals surface area contributed by atoms with E-state index >= 15 is 0 Å². The van der Waals surface area contributed by atoms with Crippen LogP contribution in [0.4, 0.5) is 10.5 Å². The van der Waals surface area contributed by atoms with Gasteiger partial charge in [0, 0.05) is 11.8 Å².